The number of nitrogens with zero attached hydrogens (tertiary/aromatic N) is 1. The van der Waals surface area contributed by atoms with Crippen LogP contribution in [0.15, 0.2) is 16.9 Å². The van der Waals surface area contributed by atoms with Gasteiger partial charge in [-0.1, -0.05) is 5.16 Å². The molecule has 0 radical (unpaired) electrons. The van der Waals surface area contributed by atoms with Crippen molar-refractivity contribution in [1.29, 1.82) is 0 Å². The van der Waals surface area contributed by atoms with Crippen molar-refractivity contribution in [1.82, 2.24) is 5.16 Å². The Labute approximate surface area is 58.0 Å². The minimum atomic E-state index is 0.327. The number of hydrogen-bond acceptors (Lipinski definition) is 3. The summed E-state index contributed by atoms with van der Waals surface area (Å²) in [4.78, 5) is 10.5. The van der Waals surface area contributed by atoms with Gasteiger partial charge in [-0.3, -0.25) is 4.79 Å². The fraction of sp³-hybridized carbons (Fsp3) is 0.429. The van der Waals surface area contributed by atoms with E-state index in [4.69, 9.17) is 0 Å². The Morgan fingerprint density at radius 1 is 1.60 bits per heavy atom. The van der Waals surface area contributed by atoms with Gasteiger partial charge in [-0.15, -0.1) is 0 Å². The summed E-state index contributed by atoms with van der Waals surface area (Å²) in [7, 11) is 0. The Kier molecular flexibility index (Phi) is 1.09. The summed E-state index contributed by atoms with van der Waals surface area (Å²) >= 11 is 0. The minimum Gasteiger partial charge on any atom is -0.365 e. The van der Waals surface area contributed by atoms with Gasteiger partial charge >= 0.3 is 0 Å². The number of carbonyl (C=O) groups is 1. The first kappa shape index (κ1) is 5.65. The second-order valence-electron chi connectivity index (χ2n) is 2.57. The molecule has 1 fully saturated rings. The molecular weight excluding hydrogens is 130 g/mol. The van der Waals surface area contributed by atoms with Crippen LogP contribution in [0.1, 0.15) is 24.5 Å². The van der Waals surface area contributed by atoms with E-state index in [0.29, 0.717) is 24.5 Å². The first-order chi connectivity index (χ1) is 4.86. The van der Waals surface area contributed by atoms with E-state index in [-0.39, 0.29) is 0 Å². The first-order valence-electron chi connectivity index (χ1n) is 3.28. The molecule has 1 aliphatic carbocycles. The van der Waals surface area contributed by atoms with Gasteiger partial charge < -0.3 is 4.52 Å². The molecule has 52 valence electrons. The molecule has 0 N–H and O–H groups in total. The molecule has 2 rings (SSSR count). The van der Waals surface area contributed by atoms with Gasteiger partial charge in [0.05, 0.1) is 5.69 Å². The van der Waals surface area contributed by atoms with Crippen molar-refractivity contribution in [3.05, 3.63) is 18.0 Å². The van der Waals surface area contributed by atoms with Crippen molar-refractivity contribution in [3.8, 4) is 0 Å². The molecule has 1 heterocycles. The highest BCUT2D eigenvalue weighted by molar-refractivity contribution is 5.86. The van der Waals surface area contributed by atoms with E-state index in [1.165, 1.54) is 6.26 Å². The monoisotopic (exact) mass is 137 g/mol. The Morgan fingerprint density at radius 2 is 2.40 bits per heavy atom. The fourth-order valence-corrected chi connectivity index (χ4v) is 1.13. The van der Waals surface area contributed by atoms with Crippen molar-refractivity contribution >= 4 is 5.78 Å². The molecule has 0 saturated heterocycles. The largest absolute Gasteiger partial charge is 0.365 e. The molecule has 0 amide bonds. The van der Waals surface area contributed by atoms with Gasteiger partial charge in [-0.2, -0.15) is 0 Å². The van der Waals surface area contributed by atoms with E-state index >= 15 is 0 Å². The van der Waals surface area contributed by atoms with Crippen LogP contribution in [0.3, 0.4) is 0 Å². The summed E-state index contributed by atoms with van der Waals surface area (Å²) in [5, 5.41) is 3.75. The SMILES string of the molecule is O=C1CC(c2ccon2)C1. The average Bonchev–Trinajstić information content (AvgIpc) is 2.31. The molecule has 1 saturated carbocycles. The maximum Gasteiger partial charge on any atom is 0.134 e. The van der Waals surface area contributed by atoms with Crippen LogP contribution in [0, 0.1) is 0 Å². The van der Waals surface area contributed by atoms with Crippen LogP contribution in [-0.2, 0) is 4.79 Å². The predicted octanol–water partition coefficient (Wildman–Crippen LogP) is 1.12. The number of ketones is 1. The third-order valence-corrected chi connectivity index (χ3v) is 1.82. The summed E-state index contributed by atoms with van der Waals surface area (Å²) in [5.41, 5.74) is 0.916. The predicted molar refractivity (Wildman–Crippen MR) is 33.5 cm³/mol. The molecule has 1 aliphatic rings. The molecule has 0 spiro atoms. The lowest BCUT2D eigenvalue weighted by molar-refractivity contribution is -0.124. The first-order valence-corrected chi connectivity index (χ1v) is 3.28. The number of hydrogen-bond donors (Lipinski definition) is 0. The van der Waals surface area contributed by atoms with Crippen molar-refractivity contribution in [3.63, 3.8) is 0 Å². The number of rotatable bonds is 1. The summed E-state index contributed by atoms with van der Waals surface area (Å²) in [6.45, 7) is 0. The Bertz CT molecular complexity index is 232. The van der Waals surface area contributed by atoms with E-state index < -0.39 is 0 Å². The van der Waals surface area contributed by atoms with Crippen molar-refractivity contribution < 1.29 is 9.32 Å². The topological polar surface area (TPSA) is 43.1 Å². The summed E-state index contributed by atoms with van der Waals surface area (Å²) in [6.07, 6.45) is 2.83. The third-order valence-electron chi connectivity index (χ3n) is 1.82. The Hall–Kier alpha value is -1.12. The highest BCUT2D eigenvalue weighted by Crippen LogP contribution is 2.31. The molecule has 0 aromatic carbocycles. The smallest absolute Gasteiger partial charge is 0.134 e. The van der Waals surface area contributed by atoms with Crippen LogP contribution >= 0.6 is 0 Å². The van der Waals surface area contributed by atoms with Gasteiger partial charge in [0.1, 0.15) is 12.0 Å². The Balaban J connectivity index is 2.10. The van der Waals surface area contributed by atoms with Crippen molar-refractivity contribution in [2.75, 3.05) is 0 Å². The zero-order valence-corrected chi connectivity index (χ0v) is 5.41. The number of Topliss-reactive ketones (excluding diaryl/α,β-unsaturated/α-hetero) is 1. The van der Waals surface area contributed by atoms with E-state index in [1.807, 2.05) is 6.07 Å². The lowest BCUT2D eigenvalue weighted by Crippen LogP contribution is -2.21. The van der Waals surface area contributed by atoms with E-state index in [9.17, 15) is 4.79 Å². The van der Waals surface area contributed by atoms with Gasteiger partial charge in [0.25, 0.3) is 0 Å². The van der Waals surface area contributed by atoms with Crippen molar-refractivity contribution in [2.45, 2.75) is 18.8 Å². The van der Waals surface area contributed by atoms with Crippen LogP contribution in [0.5, 0.6) is 0 Å². The quantitative estimate of drug-likeness (QED) is 0.582. The average molecular weight is 137 g/mol. The molecule has 1 aromatic heterocycles. The zero-order chi connectivity index (χ0) is 6.97. The van der Waals surface area contributed by atoms with E-state index in [1.54, 1.807) is 0 Å². The van der Waals surface area contributed by atoms with Crippen LogP contribution in [-0.4, -0.2) is 10.9 Å². The summed E-state index contributed by atoms with van der Waals surface area (Å²) in [6, 6.07) is 1.82. The zero-order valence-electron chi connectivity index (χ0n) is 5.41. The van der Waals surface area contributed by atoms with E-state index in [0.717, 1.165) is 5.69 Å². The number of aromatic nitrogens is 1. The second-order valence-corrected chi connectivity index (χ2v) is 2.57. The molecule has 3 heteroatoms. The fourth-order valence-electron chi connectivity index (χ4n) is 1.13. The maximum atomic E-state index is 10.5. The molecule has 0 aliphatic heterocycles. The molecule has 3 nitrogen and oxygen atoms in total. The highest BCUT2D eigenvalue weighted by Gasteiger charge is 2.29. The van der Waals surface area contributed by atoms with Crippen LogP contribution in [0.25, 0.3) is 0 Å². The van der Waals surface area contributed by atoms with Gasteiger partial charge in [-0.05, 0) is 0 Å². The lowest BCUT2D eigenvalue weighted by atomic mass is 9.82. The van der Waals surface area contributed by atoms with Gasteiger partial charge in [0, 0.05) is 24.8 Å². The normalized spacial score (nSPS) is 19.0. The van der Waals surface area contributed by atoms with Gasteiger partial charge in [0.15, 0.2) is 0 Å². The maximum absolute atomic E-state index is 10.5. The van der Waals surface area contributed by atoms with Crippen LogP contribution < -0.4 is 0 Å². The molecule has 0 atom stereocenters. The van der Waals surface area contributed by atoms with Crippen LogP contribution in [0.4, 0.5) is 0 Å². The molecule has 10 heavy (non-hydrogen) atoms. The van der Waals surface area contributed by atoms with Crippen LogP contribution in [0.2, 0.25) is 0 Å². The van der Waals surface area contributed by atoms with E-state index in [2.05, 4.69) is 9.68 Å². The van der Waals surface area contributed by atoms with Crippen molar-refractivity contribution in [2.24, 2.45) is 0 Å². The molecule has 0 unspecified atom stereocenters. The molecule has 1 aromatic rings. The summed E-state index contributed by atoms with van der Waals surface area (Å²) in [5.74, 6) is 0.666. The standard InChI is InChI=1S/C7H7NO2/c9-6-3-5(4-6)7-1-2-10-8-7/h1-2,5H,3-4H2. The molecule has 0 bridgehead atoms. The second kappa shape index (κ2) is 1.94. The van der Waals surface area contributed by atoms with Gasteiger partial charge in [-0.25, -0.2) is 0 Å². The van der Waals surface area contributed by atoms with Gasteiger partial charge in [0.2, 0.25) is 0 Å². The number of carbonyl (C=O) groups excluding carboxylic acids is 1. The Morgan fingerprint density at radius 3 is 2.90 bits per heavy atom. The minimum absolute atomic E-state index is 0.327. The highest BCUT2D eigenvalue weighted by atomic mass is 16.5. The third kappa shape index (κ3) is 0.744. The lowest BCUT2D eigenvalue weighted by Gasteiger charge is -2.20. The molecular formula is C7H7NO2. The summed E-state index contributed by atoms with van der Waals surface area (Å²) < 4.78 is 4.65.